The van der Waals surface area contributed by atoms with Gasteiger partial charge >= 0.3 is 0 Å². The fourth-order valence-corrected chi connectivity index (χ4v) is 2.43. The first-order valence-corrected chi connectivity index (χ1v) is 5.62. The summed E-state index contributed by atoms with van der Waals surface area (Å²) in [5, 5.41) is 4.73. The molecule has 1 aliphatic rings. The number of para-hydroxylation sites is 1. The van der Waals surface area contributed by atoms with E-state index >= 15 is 0 Å². The number of fused-ring (bicyclic) bond motifs is 1. The third-order valence-electron chi connectivity index (χ3n) is 3.25. The van der Waals surface area contributed by atoms with Crippen LogP contribution in [0.3, 0.4) is 0 Å². The average Bonchev–Trinajstić information content (AvgIpc) is 2.74. The summed E-state index contributed by atoms with van der Waals surface area (Å²) in [4.78, 5) is 0. The molecule has 0 spiro atoms. The molecule has 1 aromatic carbocycles. The van der Waals surface area contributed by atoms with Crippen molar-refractivity contribution in [3.05, 3.63) is 36.1 Å². The lowest BCUT2D eigenvalue weighted by Crippen LogP contribution is -2.28. The van der Waals surface area contributed by atoms with Crippen LogP contribution in [-0.4, -0.2) is 13.1 Å². The summed E-state index contributed by atoms with van der Waals surface area (Å²) in [7, 11) is 0. The van der Waals surface area contributed by atoms with Crippen LogP contribution in [0, 0.1) is 0 Å². The molecule has 0 amide bonds. The van der Waals surface area contributed by atoms with E-state index in [9.17, 15) is 0 Å². The second-order valence-electron chi connectivity index (χ2n) is 4.23. The third-order valence-corrected chi connectivity index (χ3v) is 3.25. The number of piperidine rings is 1. The Morgan fingerprint density at radius 3 is 3.07 bits per heavy atom. The number of rotatable bonds is 1. The predicted molar refractivity (Wildman–Crippen MR) is 61.1 cm³/mol. The van der Waals surface area contributed by atoms with Gasteiger partial charge in [-0.05, 0) is 25.5 Å². The van der Waals surface area contributed by atoms with Crippen LogP contribution in [0.25, 0.3) is 11.0 Å². The van der Waals surface area contributed by atoms with Gasteiger partial charge in [-0.3, -0.25) is 0 Å². The van der Waals surface area contributed by atoms with Crippen LogP contribution in [0.5, 0.6) is 0 Å². The van der Waals surface area contributed by atoms with E-state index in [0.29, 0.717) is 5.92 Å². The van der Waals surface area contributed by atoms with Crippen LogP contribution in [-0.2, 0) is 0 Å². The minimum atomic E-state index is 0.627. The molecule has 2 heterocycles. The molecule has 3 rings (SSSR count). The van der Waals surface area contributed by atoms with E-state index in [1.807, 2.05) is 18.4 Å². The Labute approximate surface area is 89.3 Å². The summed E-state index contributed by atoms with van der Waals surface area (Å²) in [6.07, 6.45) is 4.48. The lowest BCUT2D eigenvalue weighted by Gasteiger charge is -2.21. The number of benzene rings is 1. The molecule has 2 aromatic rings. The summed E-state index contributed by atoms with van der Waals surface area (Å²) >= 11 is 0. The maximum absolute atomic E-state index is 5.57. The lowest BCUT2D eigenvalue weighted by atomic mass is 9.91. The molecule has 1 fully saturated rings. The lowest BCUT2D eigenvalue weighted by molar-refractivity contribution is 0.458. The van der Waals surface area contributed by atoms with Crippen LogP contribution in [0.4, 0.5) is 0 Å². The van der Waals surface area contributed by atoms with Crippen molar-refractivity contribution < 1.29 is 4.42 Å². The van der Waals surface area contributed by atoms with E-state index in [1.54, 1.807) is 0 Å². The number of nitrogens with one attached hydrogen (secondary N) is 1. The number of hydrogen-bond acceptors (Lipinski definition) is 2. The molecule has 0 radical (unpaired) electrons. The predicted octanol–water partition coefficient (Wildman–Crippen LogP) is 2.90. The standard InChI is InChI=1S/C13H15NO/c1-2-6-13-11(5-1)12(9-15-13)10-4-3-7-14-8-10/h1-2,5-6,9-10,14H,3-4,7-8H2. The highest BCUT2D eigenvalue weighted by Gasteiger charge is 2.18. The Morgan fingerprint density at radius 2 is 2.20 bits per heavy atom. The Hall–Kier alpha value is -1.28. The molecule has 0 saturated carbocycles. The SMILES string of the molecule is c1ccc2c(C3CCCNC3)coc2c1. The molecule has 78 valence electrons. The largest absolute Gasteiger partial charge is 0.464 e. The molecule has 15 heavy (non-hydrogen) atoms. The van der Waals surface area contributed by atoms with Gasteiger partial charge in [0.05, 0.1) is 6.26 Å². The van der Waals surface area contributed by atoms with Crippen LogP contribution in [0.1, 0.15) is 24.3 Å². The highest BCUT2D eigenvalue weighted by molar-refractivity contribution is 5.81. The third kappa shape index (κ3) is 1.55. The van der Waals surface area contributed by atoms with Crippen molar-refractivity contribution in [2.75, 3.05) is 13.1 Å². The Kier molecular flexibility index (Phi) is 2.22. The molecule has 1 aliphatic heterocycles. The van der Waals surface area contributed by atoms with E-state index in [4.69, 9.17) is 4.42 Å². The van der Waals surface area contributed by atoms with Crippen LogP contribution < -0.4 is 5.32 Å². The molecular formula is C13H15NO. The minimum Gasteiger partial charge on any atom is -0.464 e. The van der Waals surface area contributed by atoms with E-state index in [2.05, 4.69) is 17.4 Å². The topological polar surface area (TPSA) is 25.2 Å². The maximum Gasteiger partial charge on any atom is 0.134 e. The van der Waals surface area contributed by atoms with Crippen LogP contribution in [0.15, 0.2) is 34.9 Å². The van der Waals surface area contributed by atoms with Crippen molar-refractivity contribution in [3.8, 4) is 0 Å². The van der Waals surface area contributed by atoms with Gasteiger partial charge in [-0.1, -0.05) is 18.2 Å². The van der Waals surface area contributed by atoms with Crippen molar-refractivity contribution in [1.82, 2.24) is 5.32 Å². The first kappa shape index (κ1) is 8.98. The summed E-state index contributed by atoms with van der Waals surface area (Å²) in [6, 6.07) is 8.30. The number of furan rings is 1. The summed E-state index contributed by atoms with van der Waals surface area (Å²) in [5.41, 5.74) is 2.39. The van der Waals surface area contributed by atoms with Gasteiger partial charge in [-0.15, -0.1) is 0 Å². The molecule has 0 bridgehead atoms. The molecular weight excluding hydrogens is 186 g/mol. The number of hydrogen-bond donors (Lipinski definition) is 1. The van der Waals surface area contributed by atoms with Crippen molar-refractivity contribution in [2.24, 2.45) is 0 Å². The zero-order chi connectivity index (χ0) is 10.1. The van der Waals surface area contributed by atoms with E-state index in [1.165, 1.54) is 23.8 Å². The van der Waals surface area contributed by atoms with Gasteiger partial charge in [0.2, 0.25) is 0 Å². The van der Waals surface area contributed by atoms with Gasteiger partial charge in [-0.2, -0.15) is 0 Å². The van der Waals surface area contributed by atoms with Crippen molar-refractivity contribution in [3.63, 3.8) is 0 Å². The van der Waals surface area contributed by atoms with Crippen molar-refractivity contribution in [2.45, 2.75) is 18.8 Å². The fourth-order valence-electron chi connectivity index (χ4n) is 2.43. The normalized spacial score (nSPS) is 22.0. The Bertz CT molecular complexity index is 454. The molecule has 0 aliphatic carbocycles. The fraction of sp³-hybridized carbons (Fsp3) is 0.385. The van der Waals surface area contributed by atoms with Gasteiger partial charge < -0.3 is 9.73 Å². The quantitative estimate of drug-likeness (QED) is 0.767. The zero-order valence-electron chi connectivity index (χ0n) is 8.70. The highest BCUT2D eigenvalue weighted by Crippen LogP contribution is 2.31. The molecule has 1 atom stereocenters. The zero-order valence-corrected chi connectivity index (χ0v) is 8.70. The maximum atomic E-state index is 5.57. The van der Waals surface area contributed by atoms with Gasteiger partial charge in [0.25, 0.3) is 0 Å². The van der Waals surface area contributed by atoms with Crippen molar-refractivity contribution in [1.29, 1.82) is 0 Å². The first-order chi connectivity index (χ1) is 7.45. The van der Waals surface area contributed by atoms with E-state index < -0.39 is 0 Å². The molecule has 2 heteroatoms. The first-order valence-electron chi connectivity index (χ1n) is 5.62. The summed E-state index contributed by atoms with van der Waals surface area (Å²) < 4.78 is 5.57. The Balaban J connectivity index is 2.02. The molecule has 1 N–H and O–H groups in total. The van der Waals surface area contributed by atoms with Crippen LogP contribution in [0.2, 0.25) is 0 Å². The smallest absolute Gasteiger partial charge is 0.134 e. The van der Waals surface area contributed by atoms with Crippen LogP contribution >= 0.6 is 0 Å². The molecule has 2 nitrogen and oxygen atoms in total. The molecule has 1 saturated heterocycles. The molecule has 1 unspecified atom stereocenters. The highest BCUT2D eigenvalue weighted by atomic mass is 16.3. The van der Waals surface area contributed by atoms with E-state index in [0.717, 1.165) is 18.7 Å². The van der Waals surface area contributed by atoms with E-state index in [-0.39, 0.29) is 0 Å². The summed E-state index contributed by atoms with van der Waals surface area (Å²) in [6.45, 7) is 2.25. The van der Waals surface area contributed by atoms with Gasteiger partial charge in [-0.25, -0.2) is 0 Å². The minimum absolute atomic E-state index is 0.627. The Morgan fingerprint density at radius 1 is 1.27 bits per heavy atom. The average molecular weight is 201 g/mol. The van der Waals surface area contributed by atoms with Gasteiger partial charge in [0, 0.05) is 23.4 Å². The van der Waals surface area contributed by atoms with Crippen molar-refractivity contribution >= 4 is 11.0 Å². The monoisotopic (exact) mass is 201 g/mol. The van der Waals surface area contributed by atoms with Gasteiger partial charge in [0.1, 0.15) is 5.58 Å². The summed E-state index contributed by atoms with van der Waals surface area (Å²) in [5.74, 6) is 0.627. The molecule has 1 aromatic heterocycles. The second-order valence-corrected chi connectivity index (χ2v) is 4.23. The van der Waals surface area contributed by atoms with Gasteiger partial charge in [0.15, 0.2) is 0 Å². The second kappa shape index (κ2) is 3.70.